The van der Waals surface area contributed by atoms with Gasteiger partial charge in [0.1, 0.15) is 23.9 Å². The fraction of sp³-hybridized carbons (Fsp3) is 0.600. The number of rotatable bonds is 17. The van der Waals surface area contributed by atoms with Crippen LogP contribution in [0.2, 0.25) is 0 Å². The number of hydrogen-bond acceptors (Lipinski definition) is 9. The van der Waals surface area contributed by atoms with Gasteiger partial charge in [-0.3, -0.25) is 24.2 Å². The Hall–Kier alpha value is -4.44. The van der Waals surface area contributed by atoms with E-state index in [9.17, 15) is 39.3 Å². The topological polar surface area (TPSA) is 276 Å². The number of hydrogen-bond donors (Lipinski definition) is 9. The van der Waals surface area contributed by atoms with Crippen LogP contribution >= 0.6 is 0 Å². The van der Waals surface area contributed by atoms with E-state index in [4.69, 9.17) is 17.2 Å². The van der Waals surface area contributed by atoms with Crippen molar-refractivity contribution in [3.05, 3.63) is 29.8 Å². The fourth-order valence-electron chi connectivity index (χ4n) is 5.11. The minimum absolute atomic E-state index is 0.0197. The van der Waals surface area contributed by atoms with Crippen molar-refractivity contribution in [3.8, 4) is 5.75 Å². The summed E-state index contributed by atoms with van der Waals surface area (Å²) in [5.41, 5.74) is 17.3. The molecule has 1 fully saturated rings. The normalized spacial score (nSPS) is 17.7. The highest BCUT2D eigenvalue weighted by Crippen LogP contribution is 2.21. The van der Waals surface area contributed by atoms with Gasteiger partial charge in [0, 0.05) is 19.5 Å². The van der Waals surface area contributed by atoms with Crippen LogP contribution in [0.3, 0.4) is 0 Å². The number of phenolic OH excluding ortho intramolecular Hbond substituents is 1. The molecule has 1 saturated heterocycles. The number of aliphatic hydroxyl groups excluding tert-OH is 1. The van der Waals surface area contributed by atoms with Crippen LogP contribution in [0.4, 0.5) is 0 Å². The molecular weight excluding hydrogens is 600 g/mol. The van der Waals surface area contributed by atoms with Gasteiger partial charge in [0.2, 0.25) is 23.6 Å². The summed E-state index contributed by atoms with van der Waals surface area (Å²) in [4.78, 5) is 70.3. The molecule has 12 N–H and O–H groups in total. The van der Waals surface area contributed by atoms with E-state index in [1.807, 2.05) is 13.8 Å². The zero-order valence-corrected chi connectivity index (χ0v) is 26.5. The van der Waals surface area contributed by atoms with Crippen molar-refractivity contribution in [2.45, 2.75) is 95.6 Å². The summed E-state index contributed by atoms with van der Waals surface area (Å²) in [5.74, 6) is -4.05. The molecule has 1 aromatic rings. The van der Waals surface area contributed by atoms with Crippen LogP contribution in [0, 0.1) is 5.92 Å². The van der Waals surface area contributed by atoms with Gasteiger partial charge in [-0.2, -0.15) is 0 Å². The molecule has 0 unspecified atom stereocenters. The van der Waals surface area contributed by atoms with Gasteiger partial charge >= 0.3 is 5.97 Å². The lowest BCUT2D eigenvalue weighted by Gasteiger charge is -2.31. The third-order valence-corrected chi connectivity index (χ3v) is 7.52. The van der Waals surface area contributed by atoms with E-state index < -0.39 is 65.9 Å². The van der Waals surface area contributed by atoms with Gasteiger partial charge in [0.15, 0.2) is 12.0 Å². The van der Waals surface area contributed by atoms with Crippen molar-refractivity contribution in [2.24, 2.45) is 28.1 Å². The summed E-state index contributed by atoms with van der Waals surface area (Å²) in [5, 5.41) is 36.6. The van der Waals surface area contributed by atoms with Crippen LogP contribution in [0.1, 0.15) is 58.4 Å². The lowest BCUT2D eigenvalue weighted by atomic mass is 10.00. The SMILES string of the molecule is CC(C)C[C@H](NC(=O)[C@@H](Cc1ccc(O)cc1)NC(=O)[C@@H](N)CCCN=C(N)N)C(=O)N1CCC[C@H]1C(=O)N[C@@H](C(=O)O)[C@H](C)O. The smallest absolute Gasteiger partial charge is 0.328 e. The first-order valence-electron chi connectivity index (χ1n) is 15.3. The number of aliphatic hydroxyl groups is 1. The first-order chi connectivity index (χ1) is 21.6. The minimum Gasteiger partial charge on any atom is -0.508 e. The number of aromatic hydroxyl groups is 1. The Morgan fingerprint density at radius 1 is 1.00 bits per heavy atom. The molecule has 0 saturated carbocycles. The summed E-state index contributed by atoms with van der Waals surface area (Å²) >= 11 is 0. The number of amides is 4. The van der Waals surface area contributed by atoms with Crippen LogP contribution in [-0.2, 0) is 30.4 Å². The quantitative estimate of drug-likeness (QED) is 0.0520. The molecule has 1 aliphatic rings. The maximum absolute atomic E-state index is 13.8. The highest BCUT2D eigenvalue weighted by atomic mass is 16.4. The number of carboxylic acid groups (broad SMARTS) is 1. The van der Waals surface area contributed by atoms with Crippen molar-refractivity contribution < 1.29 is 39.3 Å². The molecule has 1 heterocycles. The van der Waals surface area contributed by atoms with E-state index in [1.165, 1.54) is 24.0 Å². The van der Waals surface area contributed by atoms with Gasteiger partial charge in [-0.05, 0) is 62.6 Å². The lowest BCUT2D eigenvalue weighted by molar-refractivity contribution is -0.147. The predicted molar refractivity (Wildman–Crippen MR) is 169 cm³/mol. The number of nitrogens with one attached hydrogen (secondary N) is 3. The molecule has 2 rings (SSSR count). The van der Waals surface area contributed by atoms with Crippen LogP contribution in [0.5, 0.6) is 5.75 Å². The average molecular weight is 649 g/mol. The molecule has 0 bridgehead atoms. The highest BCUT2D eigenvalue weighted by molar-refractivity contribution is 5.96. The molecule has 46 heavy (non-hydrogen) atoms. The number of phenols is 1. The monoisotopic (exact) mass is 648 g/mol. The Balaban J connectivity index is 2.25. The maximum atomic E-state index is 13.8. The van der Waals surface area contributed by atoms with Crippen molar-refractivity contribution in [2.75, 3.05) is 13.1 Å². The Bertz CT molecular complexity index is 1240. The molecule has 1 aromatic carbocycles. The van der Waals surface area contributed by atoms with Gasteiger partial charge in [0.25, 0.3) is 0 Å². The van der Waals surface area contributed by atoms with Gasteiger partial charge < -0.3 is 53.4 Å². The van der Waals surface area contributed by atoms with Gasteiger partial charge in [-0.25, -0.2) is 4.79 Å². The molecule has 16 heteroatoms. The van der Waals surface area contributed by atoms with Crippen LogP contribution in [-0.4, -0.2) is 105 Å². The first kappa shape index (κ1) is 37.7. The Morgan fingerprint density at radius 2 is 1.63 bits per heavy atom. The number of nitrogens with two attached hydrogens (primary N) is 3. The molecule has 16 nitrogen and oxygen atoms in total. The van der Waals surface area contributed by atoms with E-state index in [0.717, 1.165) is 0 Å². The molecule has 256 valence electrons. The molecule has 0 aromatic heterocycles. The molecule has 0 aliphatic carbocycles. The van der Waals surface area contributed by atoms with Crippen LogP contribution in [0.15, 0.2) is 29.3 Å². The predicted octanol–water partition coefficient (Wildman–Crippen LogP) is -1.73. The number of carboxylic acids is 1. The summed E-state index contributed by atoms with van der Waals surface area (Å²) in [6, 6.07) is 0.330. The summed E-state index contributed by atoms with van der Waals surface area (Å²) in [6.07, 6.45) is 0.261. The number of carbonyl (C=O) groups excluding carboxylic acids is 4. The van der Waals surface area contributed by atoms with Gasteiger partial charge in [-0.15, -0.1) is 0 Å². The van der Waals surface area contributed by atoms with E-state index >= 15 is 0 Å². The zero-order chi connectivity index (χ0) is 34.6. The second kappa shape index (κ2) is 17.9. The second-order valence-electron chi connectivity index (χ2n) is 11.9. The van der Waals surface area contributed by atoms with Crippen LogP contribution < -0.4 is 33.2 Å². The van der Waals surface area contributed by atoms with E-state index in [1.54, 1.807) is 12.1 Å². The summed E-state index contributed by atoms with van der Waals surface area (Å²) < 4.78 is 0. The zero-order valence-electron chi connectivity index (χ0n) is 26.5. The minimum atomic E-state index is -1.56. The van der Waals surface area contributed by atoms with Crippen molar-refractivity contribution >= 4 is 35.6 Å². The average Bonchev–Trinajstić information content (AvgIpc) is 3.47. The molecule has 0 spiro atoms. The van der Waals surface area contributed by atoms with E-state index in [-0.39, 0.29) is 56.4 Å². The number of aliphatic carboxylic acids is 1. The number of benzene rings is 1. The Kier molecular flexibility index (Phi) is 14.7. The lowest BCUT2D eigenvalue weighted by Crippen LogP contribution is -2.59. The number of guanidine groups is 1. The molecule has 0 radical (unpaired) electrons. The number of carbonyl (C=O) groups is 5. The van der Waals surface area contributed by atoms with E-state index in [2.05, 4.69) is 20.9 Å². The third kappa shape index (κ3) is 11.8. The fourth-order valence-corrected chi connectivity index (χ4v) is 5.11. The number of nitrogens with zero attached hydrogens (tertiary/aromatic N) is 2. The molecule has 4 amide bonds. The van der Waals surface area contributed by atoms with Gasteiger partial charge in [0.05, 0.1) is 12.1 Å². The maximum Gasteiger partial charge on any atom is 0.328 e. The Labute approximate surface area is 268 Å². The molecular formula is C30H48N8O8. The third-order valence-electron chi connectivity index (χ3n) is 7.52. The summed E-state index contributed by atoms with van der Waals surface area (Å²) in [7, 11) is 0. The molecule has 6 atom stereocenters. The van der Waals surface area contributed by atoms with Crippen molar-refractivity contribution in [1.29, 1.82) is 0 Å². The van der Waals surface area contributed by atoms with Crippen LogP contribution in [0.25, 0.3) is 0 Å². The van der Waals surface area contributed by atoms with E-state index in [0.29, 0.717) is 18.4 Å². The summed E-state index contributed by atoms with van der Waals surface area (Å²) in [6.45, 7) is 5.43. The molecule has 1 aliphatic heterocycles. The first-order valence-corrected chi connectivity index (χ1v) is 15.3. The van der Waals surface area contributed by atoms with Gasteiger partial charge in [-0.1, -0.05) is 26.0 Å². The standard InChI is InChI=1S/C30H48N8O8/c1-16(2)14-22(28(44)38-13-5-7-23(38)27(43)37-24(17(3)39)29(45)46)36-26(42)21(15-18-8-10-19(40)11-9-18)35-25(41)20(31)6-4-12-34-30(32)33/h8-11,16-17,20-24,39-40H,4-7,12-15,31H2,1-3H3,(H,35,41)(H,36,42)(H,37,43)(H,45,46)(H4,32,33,34)/t17-,20-,21+,22-,23-,24+/m0/s1. The Morgan fingerprint density at radius 3 is 2.20 bits per heavy atom. The van der Waals surface area contributed by atoms with Crippen molar-refractivity contribution in [1.82, 2.24) is 20.9 Å². The number of likely N-dealkylation sites (tertiary alicyclic amines) is 1. The largest absolute Gasteiger partial charge is 0.508 e. The van der Waals surface area contributed by atoms with Crippen molar-refractivity contribution in [3.63, 3.8) is 0 Å². The number of aliphatic imine (C=N–C) groups is 1. The second-order valence-corrected chi connectivity index (χ2v) is 11.9. The highest BCUT2D eigenvalue weighted by Gasteiger charge is 2.40.